The number of halogens is 2. The standard InChI is InChI=1S/C22H18Cl2N4O3/c1-13(9-20(29)25-17-11-15(23)10-16(24)12-17)27-28-22(31)21(30)26-19-8-4-6-14-5-2-3-7-18(14)19/h2-8,10-12H,9H2,1H3,(H,25,29)(H,26,30)(H,28,31)/b27-13-. The van der Waals surface area contributed by atoms with Crippen LogP contribution in [0.15, 0.2) is 65.8 Å². The Hall–Kier alpha value is -3.42. The first kappa shape index (κ1) is 22.3. The van der Waals surface area contributed by atoms with Gasteiger partial charge in [0.25, 0.3) is 0 Å². The Bertz CT molecular complexity index is 1170. The third-order valence-electron chi connectivity index (χ3n) is 4.16. The maximum absolute atomic E-state index is 12.2. The molecule has 3 amide bonds. The molecular formula is C22H18Cl2N4O3. The zero-order chi connectivity index (χ0) is 22.4. The molecule has 3 N–H and O–H groups in total. The van der Waals surface area contributed by atoms with E-state index in [-0.39, 0.29) is 12.3 Å². The van der Waals surface area contributed by atoms with Gasteiger partial charge in [0.15, 0.2) is 0 Å². The number of fused-ring (bicyclic) bond motifs is 1. The SMILES string of the molecule is C/C(CC(=O)Nc1cc(Cl)cc(Cl)c1)=N/NC(=O)C(=O)Nc1cccc2ccccc12. The fourth-order valence-corrected chi connectivity index (χ4v) is 3.34. The highest BCUT2D eigenvalue weighted by molar-refractivity contribution is 6.40. The number of hydrogen-bond donors (Lipinski definition) is 3. The van der Waals surface area contributed by atoms with E-state index in [0.717, 1.165) is 10.8 Å². The van der Waals surface area contributed by atoms with Gasteiger partial charge >= 0.3 is 11.8 Å². The van der Waals surface area contributed by atoms with Gasteiger partial charge in [-0.2, -0.15) is 5.10 Å². The van der Waals surface area contributed by atoms with Gasteiger partial charge in [-0.1, -0.05) is 59.6 Å². The molecule has 0 aliphatic carbocycles. The summed E-state index contributed by atoms with van der Waals surface area (Å²) in [6.07, 6.45) is -0.102. The van der Waals surface area contributed by atoms with Crippen molar-refractivity contribution in [2.24, 2.45) is 5.10 Å². The van der Waals surface area contributed by atoms with Crippen molar-refractivity contribution in [1.29, 1.82) is 0 Å². The van der Waals surface area contributed by atoms with Crippen molar-refractivity contribution in [1.82, 2.24) is 5.43 Å². The Balaban J connectivity index is 1.55. The molecule has 0 fully saturated rings. The van der Waals surface area contributed by atoms with Crippen molar-refractivity contribution in [2.75, 3.05) is 10.6 Å². The minimum atomic E-state index is -0.950. The van der Waals surface area contributed by atoms with Gasteiger partial charge in [-0.25, -0.2) is 5.43 Å². The lowest BCUT2D eigenvalue weighted by Gasteiger charge is -2.08. The average Bonchev–Trinajstić information content (AvgIpc) is 2.71. The third-order valence-corrected chi connectivity index (χ3v) is 4.59. The molecule has 158 valence electrons. The van der Waals surface area contributed by atoms with Gasteiger partial charge in [0.2, 0.25) is 5.91 Å². The van der Waals surface area contributed by atoms with Gasteiger partial charge in [0.05, 0.1) is 6.42 Å². The summed E-state index contributed by atoms with van der Waals surface area (Å²) in [6.45, 7) is 1.55. The second-order valence-corrected chi connectivity index (χ2v) is 7.52. The molecule has 0 radical (unpaired) electrons. The van der Waals surface area contributed by atoms with E-state index in [1.165, 1.54) is 0 Å². The summed E-state index contributed by atoms with van der Waals surface area (Å²) in [6, 6.07) is 17.5. The molecule has 31 heavy (non-hydrogen) atoms. The van der Waals surface area contributed by atoms with E-state index in [1.54, 1.807) is 37.3 Å². The average molecular weight is 457 g/mol. The minimum Gasteiger partial charge on any atom is -0.326 e. The first-order chi connectivity index (χ1) is 14.8. The number of carbonyl (C=O) groups is 3. The largest absolute Gasteiger partial charge is 0.329 e. The Kier molecular flexibility index (Phi) is 7.23. The van der Waals surface area contributed by atoms with Gasteiger partial charge in [-0.15, -0.1) is 0 Å². The van der Waals surface area contributed by atoms with Crippen LogP contribution in [0.2, 0.25) is 10.0 Å². The molecule has 0 unspecified atom stereocenters. The van der Waals surface area contributed by atoms with Gasteiger partial charge in [-0.05, 0) is 36.6 Å². The maximum Gasteiger partial charge on any atom is 0.329 e. The van der Waals surface area contributed by atoms with Crippen LogP contribution in [-0.2, 0) is 14.4 Å². The third kappa shape index (κ3) is 6.28. The minimum absolute atomic E-state index is 0.102. The highest BCUT2D eigenvalue weighted by Gasteiger charge is 2.15. The number of hydrazone groups is 1. The summed E-state index contributed by atoms with van der Waals surface area (Å²) in [5.41, 5.74) is 3.41. The lowest BCUT2D eigenvalue weighted by Crippen LogP contribution is -2.33. The number of amides is 3. The zero-order valence-corrected chi connectivity index (χ0v) is 17.9. The molecule has 0 aromatic heterocycles. The highest BCUT2D eigenvalue weighted by atomic mass is 35.5. The van der Waals surface area contributed by atoms with E-state index >= 15 is 0 Å². The molecule has 0 aliphatic rings. The lowest BCUT2D eigenvalue weighted by molar-refractivity contribution is -0.136. The summed E-state index contributed by atoms with van der Waals surface area (Å²) < 4.78 is 0. The maximum atomic E-state index is 12.2. The van der Waals surface area contributed by atoms with E-state index in [0.29, 0.717) is 27.1 Å². The van der Waals surface area contributed by atoms with Crippen LogP contribution in [0.5, 0.6) is 0 Å². The molecular weight excluding hydrogens is 439 g/mol. The van der Waals surface area contributed by atoms with Crippen LogP contribution in [0.4, 0.5) is 11.4 Å². The zero-order valence-electron chi connectivity index (χ0n) is 16.4. The fourth-order valence-electron chi connectivity index (χ4n) is 2.81. The number of hydrogen-bond acceptors (Lipinski definition) is 4. The Morgan fingerprint density at radius 2 is 1.55 bits per heavy atom. The van der Waals surface area contributed by atoms with Crippen LogP contribution in [-0.4, -0.2) is 23.4 Å². The van der Waals surface area contributed by atoms with Gasteiger partial charge in [0.1, 0.15) is 0 Å². The van der Waals surface area contributed by atoms with E-state index in [1.807, 2.05) is 30.3 Å². The van der Waals surface area contributed by atoms with Crippen LogP contribution >= 0.6 is 23.2 Å². The van der Waals surface area contributed by atoms with E-state index in [4.69, 9.17) is 23.2 Å². The van der Waals surface area contributed by atoms with Gasteiger partial charge in [-0.3, -0.25) is 14.4 Å². The Labute approximate surface area is 188 Å². The lowest BCUT2D eigenvalue weighted by atomic mass is 10.1. The summed E-state index contributed by atoms with van der Waals surface area (Å²) in [5.74, 6) is -2.20. The molecule has 0 aliphatic heterocycles. The summed E-state index contributed by atoms with van der Waals surface area (Å²) >= 11 is 11.8. The molecule has 0 saturated carbocycles. The van der Waals surface area contributed by atoms with Gasteiger partial charge in [0, 0.05) is 32.5 Å². The topological polar surface area (TPSA) is 99.7 Å². The highest BCUT2D eigenvalue weighted by Crippen LogP contribution is 2.23. The number of carbonyl (C=O) groups excluding carboxylic acids is 3. The van der Waals surface area contributed by atoms with Crippen LogP contribution < -0.4 is 16.1 Å². The number of nitrogens with zero attached hydrogens (tertiary/aromatic N) is 1. The molecule has 3 aromatic rings. The van der Waals surface area contributed by atoms with Crippen molar-refractivity contribution in [3.63, 3.8) is 0 Å². The smallest absolute Gasteiger partial charge is 0.326 e. The van der Waals surface area contributed by atoms with E-state index < -0.39 is 11.8 Å². The van der Waals surface area contributed by atoms with E-state index in [2.05, 4.69) is 21.2 Å². The molecule has 9 heteroatoms. The second-order valence-electron chi connectivity index (χ2n) is 6.65. The van der Waals surface area contributed by atoms with Crippen molar-refractivity contribution in [2.45, 2.75) is 13.3 Å². The Morgan fingerprint density at radius 1 is 0.871 bits per heavy atom. The van der Waals surface area contributed by atoms with Crippen molar-refractivity contribution >= 4 is 68.8 Å². The number of nitrogens with one attached hydrogen (secondary N) is 3. The molecule has 0 saturated heterocycles. The molecule has 3 rings (SSSR count). The first-order valence-corrected chi connectivity index (χ1v) is 9.95. The molecule has 0 bridgehead atoms. The molecule has 0 spiro atoms. The van der Waals surface area contributed by atoms with E-state index in [9.17, 15) is 14.4 Å². The fraction of sp³-hybridized carbons (Fsp3) is 0.0909. The van der Waals surface area contributed by atoms with Crippen molar-refractivity contribution < 1.29 is 14.4 Å². The second kappa shape index (κ2) is 10.1. The summed E-state index contributed by atoms with van der Waals surface area (Å²) in [5, 5.41) is 11.5. The Morgan fingerprint density at radius 3 is 2.29 bits per heavy atom. The van der Waals surface area contributed by atoms with Crippen LogP contribution in [0, 0.1) is 0 Å². The van der Waals surface area contributed by atoms with Crippen molar-refractivity contribution in [3.05, 3.63) is 70.7 Å². The van der Waals surface area contributed by atoms with Gasteiger partial charge < -0.3 is 10.6 Å². The summed E-state index contributed by atoms with van der Waals surface area (Å²) in [4.78, 5) is 36.4. The molecule has 0 heterocycles. The monoisotopic (exact) mass is 456 g/mol. The normalized spacial score (nSPS) is 11.1. The quantitative estimate of drug-likeness (QED) is 0.297. The predicted molar refractivity (Wildman–Crippen MR) is 124 cm³/mol. The summed E-state index contributed by atoms with van der Waals surface area (Å²) in [7, 11) is 0. The molecule has 0 atom stereocenters. The molecule has 3 aromatic carbocycles. The number of benzene rings is 3. The van der Waals surface area contributed by atoms with Crippen molar-refractivity contribution in [3.8, 4) is 0 Å². The first-order valence-electron chi connectivity index (χ1n) is 9.20. The predicted octanol–water partition coefficient (Wildman–Crippen LogP) is 4.61. The van der Waals surface area contributed by atoms with Crippen LogP contribution in [0.1, 0.15) is 13.3 Å². The van der Waals surface area contributed by atoms with Crippen LogP contribution in [0.25, 0.3) is 10.8 Å². The number of anilines is 2. The number of rotatable bonds is 5. The van der Waals surface area contributed by atoms with Crippen LogP contribution in [0.3, 0.4) is 0 Å². The molecule has 7 nitrogen and oxygen atoms in total.